The molecule has 0 aliphatic rings. The number of nitrogens with zero attached hydrogens (tertiary/aromatic N) is 1. The fraction of sp³-hybridized carbons (Fsp3) is 0.200. The van der Waals surface area contributed by atoms with E-state index in [2.05, 4.69) is 22.5 Å². The highest BCUT2D eigenvalue weighted by atomic mass is 35.5. The van der Waals surface area contributed by atoms with Crippen molar-refractivity contribution in [3.63, 3.8) is 0 Å². The number of rotatable bonds is 7. The lowest BCUT2D eigenvalue weighted by Crippen LogP contribution is -2.19. The quantitative estimate of drug-likeness (QED) is 0.457. The average molecular weight is 402 g/mol. The van der Waals surface area contributed by atoms with Gasteiger partial charge in [-0.2, -0.15) is 0 Å². The van der Waals surface area contributed by atoms with Gasteiger partial charge in [-0.1, -0.05) is 31.0 Å². The van der Waals surface area contributed by atoms with Crippen molar-refractivity contribution in [2.24, 2.45) is 0 Å². The third-order valence-electron chi connectivity index (χ3n) is 3.72. The van der Waals surface area contributed by atoms with Crippen molar-refractivity contribution in [2.45, 2.75) is 19.8 Å². The molecule has 0 fully saturated rings. The second kappa shape index (κ2) is 9.39. The fourth-order valence-corrected chi connectivity index (χ4v) is 3.25. The molecule has 0 radical (unpaired) electrons. The van der Waals surface area contributed by atoms with Crippen LogP contribution in [0.1, 0.15) is 19.8 Å². The number of nitrogens with one attached hydrogen (secondary N) is 2. The van der Waals surface area contributed by atoms with Gasteiger partial charge in [-0.15, -0.1) is 11.3 Å². The van der Waals surface area contributed by atoms with Gasteiger partial charge in [0, 0.05) is 21.7 Å². The highest BCUT2D eigenvalue weighted by Gasteiger charge is 2.09. The summed E-state index contributed by atoms with van der Waals surface area (Å²) in [7, 11) is 0. The number of carbonyl (C=O) groups is 1. The maximum absolute atomic E-state index is 12.1. The van der Waals surface area contributed by atoms with Crippen LogP contribution in [0.4, 0.5) is 15.6 Å². The molecule has 0 saturated carbocycles. The molecule has 0 aliphatic heterocycles. The van der Waals surface area contributed by atoms with Gasteiger partial charge >= 0.3 is 6.03 Å². The van der Waals surface area contributed by atoms with E-state index in [0.717, 1.165) is 36.5 Å². The molecule has 3 aromatic rings. The van der Waals surface area contributed by atoms with Crippen molar-refractivity contribution in [3.8, 4) is 17.0 Å². The van der Waals surface area contributed by atoms with E-state index in [1.165, 1.54) is 11.3 Å². The number of amides is 2. The van der Waals surface area contributed by atoms with E-state index in [4.69, 9.17) is 16.3 Å². The third kappa shape index (κ3) is 5.70. The molecule has 1 aromatic heterocycles. The molecule has 0 unspecified atom stereocenters. The van der Waals surface area contributed by atoms with Crippen molar-refractivity contribution in [3.05, 3.63) is 58.9 Å². The van der Waals surface area contributed by atoms with Crippen LogP contribution in [-0.4, -0.2) is 17.6 Å². The molecule has 0 saturated heterocycles. The number of anilines is 2. The molecule has 0 bridgehead atoms. The minimum absolute atomic E-state index is 0.363. The van der Waals surface area contributed by atoms with Crippen LogP contribution in [0.15, 0.2) is 53.9 Å². The number of aromatic nitrogens is 1. The lowest BCUT2D eigenvalue weighted by atomic mass is 10.2. The van der Waals surface area contributed by atoms with E-state index >= 15 is 0 Å². The Bertz CT molecular complexity index is 896. The molecule has 2 N–H and O–H groups in total. The number of ether oxygens (including phenoxy) is 1. The van der Waals surface area contributed by atoms with Crippen LogP contribution < -0.4 is 15.4 Å². The first-order chi connectivity index (χ1) is 13.1. The maximum Gasteiger partial charge on any atom is 0.325 e. The summed E-state index contributed by atoms with van der Waals surface area (Å²) in [6, 6.07) is 14.4. The fourth-order valence-electron chi connectivity index (χ4n) is 2.35. The second-order valence-corrected chi connectivity index (χ2v) is 7.15. The first-order valence-corrected chi connectivity index (χ1v) is 9.92. The van der Waals surface area contributed by atoms with Gasteiger partial charge in [-0.3, -0.25) is 5.32 Å². The van der Waals surface area contributed by atoms with Crippen LogP contribution in [-0.2, 0) is 0 Å². The van der Waals surface area contributed by atoms with Crippen molar-refractivity contribution < 1.29 is 9.53 Å². The molecular formula is C20H20ClN3O2S. The molecule has 2 amide bonds. The topological polar surface area (TPSA) is 63.2 Å². The first kappa shape index (κ1) is 19.2. The molecule has 5 nitrogen and oxygen atoms in total. The monoisotopic (exact) mass is 401 g/mol. The Morgan fingerprint density at radius 1 is 1.19 bits per heavy atom. The molecule has 3 rings (SSSR count). The highest BCUT2D eigenvalue weighted by molar-refractivity contribution is 7.14. The number of thiazole rings is 1. The number of halogens is 1. The normalized spacial score (nSPS) is 10.4. The summed E-state index contributed by atoms with van der Waals surface area (Å²) in [5.74, 6) is 0.849. The van der Waals surface area contributed by atoms with Crippen molar-refractivity contribution in [1.82, 2.24) is 4.98 Å². The summed E-state index contributed by atoms with van der Waals surface area (Å²) in [5.41, 5.74) is 2.39. The lowest BCUT2D eigenvalue weighted by molar-refractivity contribution is 0.262. The summed E-state index contributed by atoms with van der Waals surface area (Å²) in [4.78, 5) is 16.6. The summed E-state index contributed by atoms with van der Waals surface area (Å²) in [6.07, 6.45) is 2.15. The van der Waals surface area contributed by atoms with Crippen LogP contribution in [0.5, 0.6) is 5.75 Å². The minimum Gasteiger partial charge on any atom is -0.494 e. The summed E-state index contributed by atoms with van der Waals surface area (Å²) >= 11 is 7.28. The van der Waals surface area contributed by atoms with Gasteiger partial charge in [0.05, 0.1) is 12.3 Å². The van der Waals surface area contributed by atoms with Gasteiger partial charge in [-0.05, 0) is 48.9 Å². The summed E-state index contributed by atoms with van der Waals surface area (Å²) in [5, 5.41) is 8.45. The summed E-state index contributed by atoms with van der Waals surface area (Å²) < 4.78 is 5.67. The zero-order chi connectivity index (χ0) is 19.1. The smallest absolute Gasteiger partial charge is 0.325 e. The lowest BCUT2D eigenvalue weighted by Gasteiger charge is -2.06. The molecular weight excluding hydrogens is 382 g/mol. The predicted molar refractivity (Wildman–Crippen MR) is 112 cm³/mol. The van der Waals surface area contributed by atoms with E-state index in [1.54, 1.807) is 24.3 Å². The molecule has 140 valence electrons. The van der Waals surface area contributed by atoms with Gasteiger partial charge in [0.2, 0.25) is 0 Å². The number of carbonyl (C=O) groups excluding carboxylic acids is 1. The predicted octanol–water partition coefficient (Wildman–Crippen LogP) is 6.29. The standard InChI is InChI=1S/C20H20ClN3O2S/c1-2-3-11-26-17-9-7-14(8-10-17)18-13-27-20(23-18)24-19(25)22-16-6-4-5-15(21)12-16/h4-10,12-13H,2-3,11H2,1H3,(H2,22,23,24,25). The van der Waals surface area contributed by atoms with Gasteiger partial charge in [0.1, 0.15) is 5.75 Å². The largest absolute Gasteiger partial charge is 0.494 e. The minimum atomic E-state index is -0.363. The zero-order valence-electron chi connectivity index (χ0n) is 14.9. The van der Waals surface area contributed by atoms with Gasteiger partial charge in [-0.25, -0.2) is 9.78 Å². The Morgan fingerprint density at radius 3 is 2.74 bits per heavy atom. The molecule has 27 heavy (non-hydrogen) atoms. The zero-order valence-corrected chi connectivity index (χ0v) is 16.4. The summed E-state index contributed by atoms with van der Waals surface area (Å²) in [6.45, 7) is 2.86. The molecule has 1 heterocycles. The first-order valence-electron chi connectivity index (χ1n) is 8.66. The van der Waals surface area contributed by atoms with Crippen LogP contribution >= 0.6 is 22.9 Å². The Hall–Kier alpha value is -2.57. The second-order valence-electron chi connectivity index (χ2n) is 5.85. The maximum atomic E-state index is 12.1. The molecule has 0 atom stereocenters. The van der Waals surface area contributed by atoms with Crippen LogP contribution in [0, 0.1) is 0 Å². The van der Waals surface area contributed by atoms with E-state index < -0.39 is 0 Å². The number of unbranched alkanes of at least 4 members (excludes halogenated alkanes) is 1. The van der Waals surface area contributed by atoms with E-state index in [0.29, 0.717) is 15.8 Å². The number of urea groups is 1. The molecule has 7 heteroatoms. The van der Waals surface area contributed by atoms with Crippen molar-refractivity contribution in [1.29, 1.82) is 0 Å². The van der Waals surface area contributed by atoms with Gasteiger partial charge in [0.25, 0.3) is 0 Å². The Kier molecular flexibility index (Phi) is 6.68. The Labute approximate surface area is 167 Å². The van der Waals surface area contributed by atoms with Gasteiger partial charge < -0.3 is 10.1 Å². The number of hydrogen-bond donors (Lipinski definition) is 2. The van der Waals surface area contributed by atoms with E-state index in [1.807, 2.05) is 29.6 Å². The van der Waals surface area contributed by atoms with Gasteiger partial charge in [0.15, 0.2) is 5.13 Å². The average Bonchev–Trinajstić information content (AvgIpc) is 3.11. The Balaban J connectivity index is 1.58. The van der Waals surface area contributed by atoms with Crippen molar-refractivity contribution in [2.75, 3.05) is 17.2 Å². The van der Waals surface area contributed by atoms with E-state index in [-0.39, 0.29) is 6.03 Å². The van der Waals surface area contributed by atoms with E-state index in [9.17, 15) is 4.79 Å². The van der Waals surface area contributed by atoms with Crippen LogP contribution in [0.3, 0.4) is 0 Å². The van der Waals surface area contributed by atoms with Crippen LogP contribution in [0.25, 0.3) is 11.3 Å². The molecule has 2 aromatic carbocycles. The molecule has 0 aliphatic carbocycles. The number of hydrogen-bond acceptors (Lipinski definition) is 4. The third-order valence-corrected chi connectivity index (χ3v) is 4.72. The van der Waals surface area contributed by atoms with Crippen molar-refractivity contribution >= 4 is 39.8 Å². The SMILES string of the molecule is CCCCOc1ccc(-c2csc(NC(=O)Nc3cccc(Cl)c3)n2)cc1. The Morgan fingerprint density at radius 2 is 2.00 bits per heavy atom. The molecule has 0 spiro atoms. The van der Waals surface area contributed by atoms with Crippen LogP contribution in [0.2, 0.25) is 5.02 Å². The number of benzene rings is 2. The highest BCUT2D eigenvalue weighted by Crippen LogP contribution is 2.27.